The summed E-state index contributed by atoms with van der Waals surface area (Å²) in [4.78, 5) is 14.7. The summed E-state index contributed by atoms with van der Waals surface area (Å²) in [6.07, 6.45) is 2.20. The quantitative estimate of drug-likeness (QED) is 0.631. The first-order chi connectivity index (χ1) is 8.89. The van der Waals surface area contributed by atoms with Crippen LogP contribution in [0, 0.1) is 5.92 Å². The second kappa shape index (κ2) is 5.73. The average Bonchev–Trinajstić information content (AvgIpc) is 2.68. The highest BCUT2D eigenvalue weighted by molar-refractivity contribution is 8.13. The summed E-state index contributed by atoms with van der Waals surface area (Å²) >= 11 is 1.60. The molecule has 1 unspecified atom stereocenters. The van der Waals surface area contributed by atoms with E-state index in [-0.39, 0.29) is 24.0 Å². The van der Waals surface area contributed by atoms with Crippen LogP contribution in [0.4, 0.5) is 5.69 Å². The fourth-order valence-electron chi connectivity index (χ4n) is 2.20. The zero-order chi connectivity index (χ0) is 14.0. The molecule has 1 atom stereocenters. The molecule has 19 heavy (non-hydrogen) atoms. The number of carbonyl (C=O) groups excluding carboxylic acids is 1. The molecule has 0 aliphatic carbocycles. The smallest absolute Gasteiger partial charge is 0.232 e. The molecular weight excluding hydrogens is 306 g/mol. The van der Waals surface area contributed by atoms with Gasteiger partial charge in [-0.05, 0) is 24.5 Å². The van der Waals surface area contributed by atoms with Gasteiger partial charge in [0.15, 0.2) is 0 Å². The lowest BCUT2D eigenvalue weighted by Gasteiger charge is -2.17. The van der Waals surface area contributed by atoms with Crippen LogP contribution in [0.3, 0.4) is 0 Å². The molecule has 0 N–H and O–H groups in total. The van der Waals surface area contributed by atoms with Gasteiger partial charge in [-0.1, -0.05) is 6.07 Å². The van der Waals surface area contributed by atoms with Gasteiger partial charge in [0, 0.05) is 40.1 Å². The van der Waals surface area contributed by atoms with Gasteiger partial charge in [-0.15, -0.1) is 11.8 Å². The van der Waals surface area contributed by atoms with Crippen LogP contribution in [0.2, 0.25) is 0 Å². The van der Waals surface area contributed by atoms with Crippen LogP contribution < -0.4 is 4.90 Å². The summed E-state index contributed by atoms with van der Waals surface area (Å²) in [5, 5.41) is 0. The molecule has 1 aromatic rings. The zero-order valence-corrected chi connectivity index (χ0v) is 12.8. The molecule has 0 aromatic heterocycles. The van der Waals surface area contributed by atoms with Crippen molar-refractivity contribution in [2.75, 3.05) is 23.5 Å². The number of benzene rings is 1. The molecule has 1 aromatic carbocycles. The van der Waals surface area contributed by atoms with Crippen molar-refractivity contribution in [2.45, 2.75) is 11.3 Å². The van der Waals surface area contributed by atoms with Crippen molar-refractivity contribution in [3.8, 4) is 0 Å². The first kappa shape index (κ1) is 14.7. The Kier molecular flexibility index (Phi) is 4.43. The Morgan fingerprint density at radius 2 is 2.21 bits per heavy atom. The minimum absolute atomic E-state index is 0.0523. The number of hydrogen-bond acceptors (Lipinski definition) is 4. The van der Waals surface area contributed by atoms with E-state index in [4.69, 9.17) is 10.7 Å². The van der Waals surface area contributed by atoms with Crippen LogP contribution in [0.15, 0.2) is 29.2 Å². The lowest BCUT2D eigenvalue weighted by Crippen LogP contribution is -2.25. The molecule has 0 radical (unpaired) electrons. The van der Waals surface area contributed by atoms with Gasteiger partial charge in [0.25, 0.3) is 0 Å². The second-order valence-electron chi connectivity index (χ2n) is 4.48. The van der Waals surface area contributed by atoms with Crippen LogP contribution in [0.1, 0.15) is 6.42 Å². The summed E-state index contributed by atoms with van der Waals surface area (Å²) in [6, 6.07) is 7.64. The van der Waals surface area contributed by atoms with E-state index in [0.717, 1.165) is 10.6 Å². The van der Waals surface area contributed by atoms with Crippen molar-refractivity contribution < 1.29 is 13.2 Å². The number of hydrogen-bond donors (Lipinski definition) is 0. The van der Waals surface area contributed by atoms with Gasteiger partial charge in [0.1, 0.15) is 0 Å². The van der Waals surface area contributed by atoms with Crippen molar-refractivity contribution in [3.05, 3.63) is 24.3 Å². The fourth-order valence-corrected chi connectivity index (χ4v) is 3.98. The first-order valence-electron chi connectivity index (χ1n) is 5.76. The van der Waals surface area contributed by atoms with E-state index in [2.05, 4.69) is 0 Å². The Bertz CT molecular complexity index is 588. The standard InChI is InChI=1S/C12H14ClNO3S2/c1-18-11-4-2-3-10(6-11)14-7-9(5-12(14)15)8-19(13,16)17/h2-4,6,9H,5,7-8H2,1H3. The minimum Gasteiger partial charge on any atom is -0.312 e. The summed E-state index contributed by atoms with van der Waals surface area (Å²) in [5.41, 5.74) is 0.811. The van der Waals surface area contributed by atoms with Crippen molar-refractivity contribution in [1.29, 1.82) is 0 Å². The predicted molar refractivity (Wildman–Crippen MR) is 78.3 cm³/mol. The third-order valence-electron chi connectivity index (χ3n) is 3.00. The Morgan fingerprint density at radius 1 is 1.47 bits per heavy atom. The molecule has 1 aliphatic rings. The number of nitrogens with zero attached hydrogens (tertiary/aromatic N) is 1. The molecule has 104 valence electrons. The monoisotopic (exact) mass is 319 g/mol. The van der Waals surface area contributed by atoms with Crippen LogP contribution >= 0.6 is 22.4 Å². The summed E-state index contributed by atoms with van der Waals surface area (Å²) < 4.78 is 22.1. The maximum Gasteiger partial charge on any atom is 0.232 e. The highest BCUT2D eigenvalue weighted by atomic mass is 35.7. The minimum atomic E-state index is -3.56. The lowest BCUT2D eigenvalue weighted by molar-refractivity contribution is -0.117. The molecule has 1 heterocycles. The van der Waals surface area contributed by atoms with Crippen LogP contribution in [0.25, 0.3) is 0 Å². The van der Waals surface area contributed by atoms with Gasteiger partial charge in [0.05, 0.1) is 5.75 Å². The van der Waals surface area contributed by atoms with E-state index in [1.165, 1.54) is 0 Å². The van der Waals surface area contributed by atoms with Gasteiger partial charge in [0.2, 0.25) is 15.0 Å². The van der Waals surface area contributed by atoms with E-state index in [9.17, 15) is 13.2 Å². The number of carbonyl (C=O) groups is 1. The van der Waals surface area contributed by atoms with E-state index >= 15 is 0 Å². The molecular formula is C12H14ClNO3S2. The lowest BCUT2D eigenvalue weighted by atomic mass is 10.1. The molecule has 2 rings (SSSR count). The molecule has 7 heteroatoms. The number of anilines is 1. The summed E-state index contributed by atoms with van der Waals surface area (Å²) in [6.45, 7) is 0.405. The van der Waals surface area contributed by atoms with Crippen LogP contribution in [-0.4, -0.2) is 32.9 Å². The topological polar surface area (TPSA) is 54.5 Å². The van der Waals surface area contributed by atoms with Gasteiger partial charge < -0.3 is 4.90 Å². The van der Waals surface area contributed by atoms with E-state index in [0.29, 0.717) is 6.54 Å². The van der Waals surface area contributed by atoms with Crippen LogP contribution in [0.5, 0.6) is 0 Å². The van der Waals surface area contributed by atoms with Crippen molar-refractivity contribution in [3.63, 3.8) is 0 Å². The molecule has 0 saturated carbocycles. The van der Waals surface area contributed by atoms with Gasteiger partial charge in [-0.2, -0.15) is 0 Å². The maximum atomic E-state index is 12.0. The Balaban J connectivity index is 2.15. The summed E-state index contributed by atoms with van der Waals surface area (Å²) in [7, 11) is 1.68. The molecule has 1 amide bonds. The summed E-state index contributed by atoms with van der Waals surface area (Å²) in [5.74, 6) is -0.435. The van der Waals surface area contributed by atoms with E-state index in [1.807, 2.05) is 30.5 Å². The first-order valence-corrected chi connectivity index (χ1v) is 9.46. The van der Waals surface area contributed by atoms with Crippen molar-refractivity contribution >= 4 is 43.1 Å². The maximum absolute atomic E-state index is 12.0. The Morgan fingerprint density at radius 3 is 2.84 bits per heavy atom. The van der Waals surface area contributed by atoms with Gasteiger partial charge in [-0.3, -0.25) is 4.79 Å². The highest BCUT2D eigenvalue weighted by Gasteiger charge is 2.33. The number of thioether (sulfide) groups is 1. The Labute approximate surface area is 121 Å². The number of amides is 1. The van der Waals surface area contributed by atoms with E-state index in [1.54, 1.807) is 16.7 Å². The predicted octanol–water partition coefficient (Wildman–Crippen LogP) is 2.33. The normalized spacial score (nSPS) is 20.0. The van der Waals surface area contributed by atoms with Crippen molar-refractivity contribution in [2.24, 2.45) is 5.92 Å². The third kappa shape index (κ3) is 3.87. The average molecular weight is 320 g/mol. The molecule has 0 bridgehead atoms. The molecule has 0 spiro atoms. The number of rotatable bonds is 4. The van der Waals surface area contributed by atoms with E-state index < -0.39 is 9.05 Å². The van der Waals surface area contributed by atoms with Gasteiger partial charge >= 0.3 is 0 Å². The SMILES string of the molecule is CSc1cccc(N2CC(CS(=O)(=O)Cl)CC2=O)c1. The van der Waals surface area contributed by atoms with Crippen LogP contribution in [-0.2, 0) is 13.8 Å². The van der Waals surface area contributed by atoms with Crippen molar-refractivity contribution in [1.82, 2.24) is 0 Å². The molecule has 4 nitrogen and oxygen atoms in total. The molecule has 1 saturated heterocycles. The highest BCUT2D eigenvalue weighted by Crippen LogP contribution is 2.29. The second-order valence-corrected chi connectivity index (χ2v) is 8.18. The zero-order valence-electron chi connectivity index (χ0n) is 10.4. The molecule has 1 fully saturated rings. The molecule has 1 aliphatic heterocycles. The number of halogens is 1. The Hall–Kier alpha value is -0.720. The third-order valence-corrected chi connectivity index (χ3v) is 4.98. The van der Waals surface area contributed by atoms with Gasteiger partial charge in [-0.25, -0.2) is 8.42 Å². The largest absolute Gasteiger partial charge is 0.312 e. The fraction of sp³-hybridized carbons (Fsp3) is 0.417.